The minimum Gasteiger partial charge on any atom is -0.365 e. The van der Waals surface area contributed by atoms with E-state index in [0.717, 1.165) is 6.26 Å². The van der Waals surface area contributed by atoms with Crippen LogP contribution in [-0.2, 0) is 16.4 Å². The van der Waals surface area contributed by atoms with Gasteiger partial charge in [0.2, 0.25) is 0 Å². The molecule has 0 saturated carbocycles. The third-order valence-electron chi connectivity index (χ3n) is 3.14. The molecule has 2 aromatic rings. The van der Waals surface area contributed by atoms with E-state index in [1.807, 2.05) is 0 Å². The van der Waals surface area contributed by atoms with Crippen LogP contribution in [0.3, 0.4) is 0 Å². The van der Waals surface area contributed by atoms with Crippen LogP contribution in [0.15, 0.2) is 35.4 Å². The third kappa shape index (κ3) is 3.93. The van der Waals surface area contributed by atoms with Crippen molar-refractivity contribution in [3.8, 4) is 0 Å². The van der Waals surface area contributed by atoms with Gasteiger partial charge < -0.3 is 10.3 Å². The van der Waals surface area contributed by atoms with E-state index >= 15 is 0 Å². The van der Waals surface area contributed by atoms with Crippen molar-refractivity contribution in [3.63, 3.8) is 0 Å². The van der Waals surface area contributed by atoms with Crippen LogP contribution in [0.25, 0.3) is 0 Å². The Morgan fingerprint density at radius 1 is 1.26 bits per heavy atom. The molecule has 0 atom stereocenters. The van der Waals surface area contributed by atoms with Gasteiger partial charge in [0, 0.05) is 17.5 Å². The van der Waals surface area contributed by atoms with Crippen molar-refractivity contribution in [3.05, 3.63) is 57.1 Å². The number of primary amides is 1. The number of hydrogen-bond donors (Lipinski definition) is 2. The Bertz CT molecular complexity index is 952. The van der Waals surface area contributed by atoms with Crippen LogP contribution in [-0.4, -0.2) is 25.1 Å². The van der Waals surface area contributed by atoms with E-state index < -0.39 is 15.7 Å². The second kappa shape index (κ2) is 6.35. The molecule has 0 fully saturated rings. The van der Waals surface area contributed by atoms with Crippen molar-refractivity contribution in [2.75, 3.05) is 6.26 Å². The number of halogens is 2. The molecule has 0 aliphatic heterocycles. The first-order chi connectivity index (χ1) is 10.6. The Morgan fingerprint density at radius 3 is 2.48 bits per heavy atom. The summed E-state index contributed by atoms with van der Waals surface area (Å²) in [5.74, 6) is -0.786. The number of amides is 1. The molecular formula is C14H13Cl2N3O3S. The number of rotatable bonds is 4. The van der Waals surface area contributed by atoms with Crippen molar-refractivity contribution in [1.82, 2.24) is 4.57 Å². The Kier molecular flexibility index (Phi) is 4.84. The summed E-state index contributed by atoms with van der Waals surface area (Å²) in [6.07, 6.45) is 2.50. The molecule has 1 heterocycles. The van der Waals surface area contributed by atoms with Gasteiger partial charge in [0.1, 0.15) is 5.49 Å². The Labute approximate surface area is 142 Å². The lowest BCUT2D eigenvalue weighted by Crippen LogP contribution is -2.30. The lowest BCUT2D eigenvalue weighted by Gasteiger charge is -2.13. The molecular weight excluding hydrogens is 361 g/mol. The number of benzene rings is 1. The van der Waals surface area contributed by atoms with Gasteiger partial charge in [-0.2, -0.15) is 0 Å². The van der Waals surface area contributed by atoms with Gasteiger partial charge in [-0.1, -0.05) is 29.3 Å². The third-order valence-corrected chi connectivity index (χ3v) is 4.76. The highest BCUT2D eigenvalue weighted by Gasteiger charge is 2.16. The molecule has 0 unspecified atom stereocenters. The standard InChI is InChI=1S/C14H13Cl2N3O3S/c1-23(21,22)12-5-9(15)3-2-8(12)6-19-7-10(16)4-11(13(19)17)14(18)20/h2-5,7,17H,6H2,1H3,(H2,18,20). The second-order valence-corrected chi connectivity index (χ2v) is 7.79. The highest BCUT2D eigenvalue weighted by molar-refractivity contribution is 7.90. The summed E-state index contributed by atoms with van der Waals surface area (Å²) >= 11 is 11.8. The van der Waals surface area contributed by atoms with Gasteiger partial charge in [0.05, 0.1) is 22.0 Å². The van der Waals surface area contributed by atoms with Crippen molar-refractivity contribution >= 4 is 38.9 Å². The van der Waals surface area contributed by atoms with Crippen molar-refractivity contribution in [1.29, 1.82) is 5.41 Å². The number of hydrogen-bond acceptors (Lipinski definition) is 4. The van der Waals surface area contributed by atoms with E-state index in [1.165, 1.54) is 22.9 Å². The zero-order chi connectivity index (χ0) is 17.4. The smallest absolute Gasteiger partial charge is 0.252 e. The maximum Gasteiger partial charge on any atom is 0.252 e. The predicted molar refractivity (Wildman–Crippen MR) is 87.5 cm³/mol. The fraction of sp³-hybridized carbons (Fsp3) is 0.143. The van der Waals surface area contributed by atoms with E-state index in [1.54, 1.807) is 12.1 Å². The second-order valence-electron chi connectivity index (χ2n) is 4.94. The van der Waals surface area contributed by atoms with Gasteiger partial charge in [-0.05, 0) is 23.8 Å². The summed E-state index contributed by atoms with van der Waals surface area (Å²) in [6.45, 7) is 0.0270. The molecule has 3 N–H and O–H groups in total. The summed E-state index contributed by atoms with van der Waals surface area (Å²) in [5, 5.41) is 8.52. The fourth-order valence-corrected chi connectivity index (χ4v) is 3.53. The van der Waals surface area contributed by atoms with Crippen LogP contribution in [0.5, 0.6) is 0 Å². The summed E-state index contributed by atoms with van der Waals surface area (Å²) in [5.41, 5.74) is 5.44. The van der Waals surface area contributed by atoms with E-state index in [2.05, 4.69) is 0 Å². The highest BCUT2D eigenvalue weighted by Crippen LogP contribution is 2.22. The normalized spacial score (nSPS) is 11.4. The quantitative estimate of drug-likeness (QED) is 0.853. The van der Waals surface area contributed by atoms with E-state index in [9.17, 15) is 13.2 Å². The lowest BCUT2D eigenvalue weighted by molar-refractivity contribution is 0.0997. The van der Waals surface area contributed by atoms with Gasteiger partial charge in [0.15, 0.2) is 9.84 Å². The maximum absolute atomic E-state index is 11.9. The van der Waals surface area contributed by atoms with E-state index in [-0.39, 0.29) is 32.5 Å². The van der Waals surface area contributed by atoms with Gasteiger partial charge in [-0.25, -0.2) is 8.42 Å². The largest absolute Gasteiger partial charge is 0.365 e. The number of nitrogens with two attached hydrogens (primary N) is 1. The van der Waals surface area contributed by atoms with Gasteiger partial charge in [-0.3, -0.25) is 10.2 Å². The molecule has 1 amide bonds. The minimum absolute atomic E-state index is 0.0270. The average molecular weight is 374 g/mol. The number of sulfone groups is 1. The van der Waals surface area contributed by atoms with Crippen LogP contribution in [0, 0.1) is 5.41 Å². The predicted octanol–water partition coefficient (Wildman–Crippen LogP) is 1.83. The summed E-state index contributed by atoms with van der Waals surface area (Å²) < 4.78 is 25.2. The van der Waals surface area contributed by atoms with E-state index in [4.69, 9.17) is 34.3 Å². The maximum atomic E-state index is 11.9. The summed E-state index contributed by atoms with van der Waals surface area (Å²) in [4.78, 5) is 11.4. The molecule has 0 saturated heterocycles. The molecule has 2 rings (SSSR count). The van der Waals surface area contributed by atoms with E-state index in [0.29, 0.717) is 5.56 Å². The fourth-order valence-electron chi connectivity index (χ4n) is 2.11. The molecule has 0 radical (unpaired) electrons. The number of pyridine rings is 1. The van der Waals surface area contributed by atoms with Crippen molar-refractivity contribution in [2.45, 2.75) is 11.4 Å². The van der Waals surface area contributed by atoms with Crippen molar-refractivity contribution in [2.24, 2.45) is 5.73 Å². The molecule has 0 aliphatic rings. The number of nitrogens with zero attached hydrogens (tertiary/aromatic N) is 1. The molecule has 0 bridgehead atoms. The average Bonchev–Trinajstić information content (AvgIpc) is 2.42. The number of aromatic nitrogens is 1. The topological polar surface area (TPSA) is 106 Å². The number of carbonyl (C=O) groups is 1. The molecule has 1 aromatic carbocycles. The molecule has 1 aromatic heterocycles. The van der Waals surface area contributed by atoms with Crippen LogP contribution < -0.4 is 11.2 Å². The molecule has 0 spiro atoms. The zero-order valence-electron chi connectivity index (χ0n) is 12.0. The summed E-state index contributed by atoms with van der Waals surface area (Å²) in [7, 11) is -3.51. The number of carbonyl (C=O) groups excluding carboxylic acids is 1. The van der Waals surface area contributed by atoms with Gasteiger partial charge in [0.25, 0.3) is 5.91 Å². The Balaban J connectivity index is 2.62. The first kappa shape index (κ1) is 17.5. The summed E-state index contributed by atoms with van der Waals surface area (Å²) in [6, 6.07) is 5.74. The first-order valence-corrected chi connectivity index (χ1v) is 8.97. The Morgan fingerprint density at radius 2 is 1.91 bits per heavy atom. The van der Waals surface area contributed by atoms with Crippen LogP contribution in [0.1, 0.15) is 15.9 Å². The van der Waals surface area contributed by atoms with Crippen LogP contribution in [0.4, 0.5) is 0 Å². The zero-order valence-corrected chi connectivity index (χ0v) is 14.3. The minimum atomic E-state index is -3.51. The van der Waals surface area contributed by atoms with Crippen LogP contribution >= 0.6 is 23.2 Å². The van der Waals surface area contributed by atoms with Crippen molar-refractivity contribution < 1.29 is 13.2 Å². The molecule has 122 valence electrons. The highest BCUT2D eigenvalue weighted by atomic mass is 35.5. The first-order valence-electron chi connectivity index (χ1n) is 6.32. The van der Waals surface area contributed by atoms with Crippen LogP contribution in [0.2, 0.25) is 10.0 Å². The molecule has 0 aliphatic carbocycles. The molecule has 6 nitrogen and oxygen atoms in total. The lowest BCUT2D eigenvalue weighted by atomic mass is 10.2. The monoisotopic (exact) mass is 373 g/mol. The molecule has 9 heteroatoms. The van der Waals surface area contributed by atoms with Gasteiger partial charge in [-0.15, -0.1) is 0 Å². The Hall–Kier alpha value is -1.83. The number of nitrogens with one attached hydrogen (secondary N) is 1. The van der Waals surface area contributed by atoms with Gasteiger partial charge >= 0.3 is 0 Å². The SMILES string of the molecule is CS(=O)(=O)c1cc(Cl)ccc1Cn1cc(Cl)cc(C(N)=O)c1=N. The molecule has 23 heavy (non-hydrogen) atoms.